The van der Waals surface area contributed by atoms with Gasteiger partial charge in [-0.1, -0.05) is 26.0 Å². The minimum absolute atomic E-state index is 0.0627. The Kier molecular flexibility index (Phi) is 9.15. The summed E-state index contributed by atoms with van der Waals surface area (Å²) < 4.78 is 46.2. The van der Waals surface area contributed by atoms with Crippen molar-refractivity contribution in [1.29, 1.82) is 0 Å². The van der Waals surface area contributed by atoms with Crippen molar-refractivity contribution >= 4 is 33.3 Å². The fourth-order valence-electron chi connectivity index (χ4n) is 3.37. The molecule has 0 heterocycles. The second kappa shape index (κ2) is 12.3. The standard InChI is InChI=1S/C26H28FN3O5S/c1-3-30(4-2)17-18-35-26(32)19-9-13-21(14-10-19)28-25(31)23-7-5-6-8-24(23)29-36(33,34)22-15-11-20(27)12-16-22/h5-16,29H,3-4,17-18H2,1-2H3,(H,28,31). The Balaban J connectivity index is 1.66. The number of carbonyl (C=O) groups excluding carboxylic acids is 2. The van der Waals surface area contributed by atoms with Crippen LogP contribution in [0.25, 0.3) is 0 Å². The van der Waals surface area contributed by atoms with Crippen LogP contribution in [-0.2, 0) is 14.8 Å². The smallest absolute Gasteiger partial charge is 0.338 e. The van der Waals surface area contributed by atoms with E-state index in [1.54, 1.807) is 36.4 Å². The molecule has 0 radical (unpaired) electrons. The number of halogens is 1. The Morgan fingerprint density at radius 2 is 1.56 bits per heavy atom. The van der Waals surface area contributed by atoms with Gasteiger partial charge in [-0.3, -0.25) is 9.52 Å². The summed E-state index contributed by atoms with van der Waals surface area (Å²) in [6.07, 6.45) is 0. The maximum atomic E-state index is 13.2. The van der Waals surface area contributed by atoms with Gasteiger partial charge in [0.05, 0.1) is 21.7 Å². The van der Waals surface area contributed by atoms with Crippen LogP contribution in [0.3, 0.4) is 0 Å². The van der Waals surface area contributed by atoms with Crippen LogP contribution in [0, 0.1) is 5.82 Å². The van der Waals surface area contributed by atoms with Gasteiger partial charge < -0.3 is 15.0 Å². The molecule has 36 heavy (non-hydrogen) atoms. The molecule has 1 amide bonds. The molecule has 0 spiro atoms. The van der Waals surface area contributed by atoms with E-state index >= 15 is 0 Å². The third-order valence-corrected chi connectivity index (χ3v) is 6.83. The van der Waals surface area contributed by atoms with Crippen LogP contribution < -0.4 is 10.0 Å². The van der Waals surface area contributed by atoms with Crippen molar-refractivity contribution in [2.75, 3.05) is 36.3 Å². The molecule has 0 aliphatic heterocycles. The average molecular weight is 514 g/mol. The van der Waals surface area contributed by atoms with E-state index in [1.807, 2.05) is 13.8 Å². The summed E-state index contributed by atoms with van der Waals surface area (Å²) in [5.74, 6) is -1.57. The van der Waals surface area contributed by atoms with Crippen LogP contribution in [0.4, 0.5) is 15.8 Å². The monoisotopic (exact) mass is 513 g/mol. The second-order valence-electron chi connectivity index (χ2n) is 7.80. The highest BCUT2D eigenvalue weighted by molar-refractivity contribution is 7.92. The van der Waals surface area contributed by atoms with Gasteiger partial charge >= 0.3 is 5.97 Å². The van der Waals surface area contributed by atoms with Crippen molar-refractivity contribution in [2.45, 2.75) is 18.7 Å². The molecule has 0 aliphatic rings. The molecule has 0 aromatic heterocycles. The highest BCUT2D eigenvalue weighted by Gasteiger charge is 2.19. The fourth-order valence-corrected chi connectivity index (χ4v) is 4.45. The second-order valence-corrected chi connectivity index (χ2v) is 9.48. The molecular formula is C26H28FN3O5S. The third-order valence-electron chi connectivity index (χ3n) is 5.45. The van der Waals surface area contributed by atoms with Crippen molar-refractivity contribution in [1.82, 2.24) is 4.90 Å². The van der Waals surface area contributed by atoms with Crippen molar-refractivity contribution < 1.29 is 27.1 Å². The first-order valence-corrected chi connectivity index (χ1v) is 12.9. The number of para-hydroxylation sites is 1. The minimum atomic E-state index is -4.04. The molecule has 0 aliphatic carbocycles. The van der Waals surface area contributed by atoms with Gasteiger partial charge in [-0.05, 0) is 73.8 Å². The summed E-state index contributed by atoms with van der Waals surface area (Å²) in [5.41, 5.74) is 0.909. The Labute approximate surface area is 210 Å². The largest absolute Gasteiger partial charge is 0.461 e. The normalized spacial score (nSPS) is 11.2. The number of benzene rings is 3. The first kappa shape index (κ1) is 26.8. The number of nitrogens with one attached hydrogen (secondary N) is 2. The molecule has 0 bridgehead atoms. The number of nitrogens with zero attached hydrogens (tertiary/aromatic N) is 1. The number of esters is 1. The van der Waals surface area contributed by atoms with Gasteiger partial charge in [0.2, 0.25) is 0 Å². The lowest BCUT2D eigenvalue weighted by Crippen LogP contribution is -2.27. The summed E-state index contributed by atoms with van der Waals surface area (Å²) in [7, 11) is -4.04. The number of likely N-dealkylation sites (N-methyl/N-ethyl adjacent to an activating group) is 1. The maximum absolute atomic E-state index is 13.2. The highest BCUT2D eigenvalue weighted by atomic mass is 32.2. The van der Waals surface area contributed by atoms with E-state index in [1.165, 1.54) is 12.1 Å². The molecular weight excluding hydrogens is 485 g/mol. The van der Waals surface area contributed by atoms with Crippen LogP contribution in [0.5, 0.6) is 0 Å². The van der Waals surface area contributed by atoms with E-state index in [0.29, 0.717) is 17.8 Å². The number of rotatable bonds is 11. The predicted molar refractivity (Wildman–Crippen MR) is 136 cm³/mol. The summed E-state index contributed by atoms with van der Waals surface area (Å²) >= 11 is 0. The van der Waals surface area contributed by atoms with Crippen LogP contribution >= 0.6 is 0 Å². The molecule has 190 valence electrons. The molecule has 0 fully saturated rings. The summed E-state index contributed by atoms with van der Waals surface area (Å²) in [6, 6.07) is 16.7. The molecule has 2 N–H and O–H groups in total. The molecule has 3 rings (SSSR count). The van der Waals surface area contributed by atoms with Gasteiger partial charge in [-0.2, -0.15) is 0 Å². The maximum Gasteiger partial charge on any atom is 0.338 e. The zero-order valence-electron chi connectivity index (χ0n) is 20.0. The first-order valence-electron chi connectivity index (χ1n) is 11.4. The summed E-state index contributed by atoms with van der Waals surface area (Å²) in [6.45, 7) is 6.76. The number of hydrogen-bond donors (Lipinski definition) is 2. The minimum Gasteiger partial charge on any atom is -0.461 e. The van der Waals surface area contributed by atoms with Gasteiger partial charge in [0, 0.05) is 12.2 Å². The van der Waals surface area contributed by atoms with Crippen molar-refractivity contribution in [3.63, 3.8) is 0 Å². The fraction of sp³-hybridized carbons (Fsp3) is 0.231. The van der Waals surface area contributed by atoms with E-state index in [2.05, 4.69) is 14.9 Å². The van der Waals surface area contributed by atoms with E-state index in [-0.39, 0.29) is 22.8 Å². The van der Waals surface area contributed by atoms with Gasteiger partial charge in [0.15, 0.2) is 0 Å². The lowest BCUT2D eigenvalue weighted by atomic mass is 10.1. The number of anilines is 2. The third kappa shape index (κ3) is 7.12. The van der Waals surface area contributed by atoms with Crippen molar-refractivity contribution in [3.05, 3.63) is 89.7 Å². The molecule has 3 aromatic carbocycles. The number of ether oxygens (including phenoxy) is 1. The predicted octanol–water partition coefficient (Wildman–Crippen LogP) is 4.38. The van der Waals surface area contributed by atoms with Gasteiger partial charge in [-0.15, -0.1) is 0 Å². The molecule has 10 heteroatoms. The van der Waals surface area contributed by atoms with Gasteiger partial charge in [0.25, 0.3) is 15.9 Å². The Bertz CT molecular complexity index is 1290. The molecule has 0 unspecified atom stereocenters. The number of hydrogen-bond acceptors (Lipinski definition) is 6. The zero-order chi connectivity index (χ0) is 26.1. The Morgan fingerprint density at radius 1 is 0.917 bits per heavy atom. The SMILES string of the molecule is CCN(CC)CCOC(=O)c1ccc(NC(=O)c2ccccc2NS(=O)(=O)c2ccc(F)cc2)cc1. The van der Waals surface area contributed by atoms with E-state index in [9.17, 15) is 22.4 Å². The number of carbonyl (C=O) groups is 2. The molecule has 0 atom stereocenters. The first-order chi connectivity index (χ1) is 17.2. The van der Waals surface area contributed by atoms with Crippen LogP contribution in [-0.4, -0.2) is 51.4 Å². The van der Waals surface area contributed by atoms with E-state index in [4.69, 9.17) is 4.74 Å². The Hall–Kier alpha value is -3.76. The molecule has 3 aromatic rings. The highest BCUT2D eigenvalue weighted by Crippen LogP contribution is 2.22. The molecule has 8 nitrogen and oxygen atoms in total. The molecule has 0 saturated heterocycles. The van der Waals surface area contributed by atoms with Gasteiger partial charge in [-0.25, -0.2) is 17.6 Å². The number of sulfonamides is 1. The zero-order valence-corrected chi connectivity index (χ0v) is 20.8. The molecule has 0 saturated carbocycles. The summed E-state index contributed by atoms with van der Waals surface area (Å²) in [4.78, 5) is 27.2. The lowest BCUT2D eigenvalue weighted by molar-refractivity contribution is 0.0466. The number of amides is 1. The van der Waals surface area contributed by atoms with E-state index in [0.717, 1.165) is 37.4 Å². The van der Waals surface area contributed by atoms with Crippen LogP contribution in [0.1, 0.15) is 34.6 Å². The lowest BCUT2D eigenvalue weighted by Gasteiger charge is -2.17. The van der Waals surface area contributed by atoms with Crippen molar-refractivity contribution in [2.24, 2.45) is 0 Å². The van der Waals surface area contributed by atoms with Crippen molar-refractivity contribution in [3.8, 4) is 0 Å². The Morgan fingerprint density at radius 3 is 2.19 bits per heavy atom. The van der Waals surface area contributed by atoms with Crippen LogP contribution in [0.15, 0.2) is 77.7 Å². The van der Waals surface area contributed by atoms with Gasteiger partial charge in [0.1, 0.15) is 12.4 Å². The van der Waals surface area contributed by atoms with Crippen LogP contribution in [0.2, 0.25) is 0 Å². The topological polar surface area (TPSA) is 105 Å². The summed E-state index contributed by atoms with van der Waals surface area (Å²) in [5, 5.41) is 2.69. The average Bonchev–Trinajstić information content (AvgIpc) is 2.87. The quantitative estimate of drug-likeness (QED) is 0.369. The van der Waals surface area contributed by atoms with E-state index < -0.39 is 27.7 Å².